The minimum absolute atomic E-state index is 0.236. The van der Waals surface area contributed by atoms with Crippen molar-refractivity contribution in [3.05, 3.63) is 29.3 Å². The number of nitrogens with two attached hydrogens (primary N) is 1. The number of hydrogen-bond acceptors (Lipinski definition) is 2. The van der Waals surface area contributed by atoms with Gasteiger partial charge in [-0.1, -0.05) is 0 Å². The monoisotopic (exact) mass is 237 g/mol. The topological polar surface area (TPSA) is 35.2 Å². The highest BCUT2D eigenvalue weighted by Gasteiger charge is 2.15. The van der Waals surface area contributed by atoms with Crippen molar-refractivity contribution in [2.45, 2.75) is 19.4 Å². The first-order valence-corrected chi connectivity index (χ1v) is 4.57. The highest BCUT2D eigenvalue weighted by Crippen LogP contribution is 2.25. The second-order valence-electron chi connectivity index (χ2n) is 3.30. The van der Waals surface area contributed by atoms with Crippen LogP contribution in [0.1, 0.15) is 18.5 Å². The molecule has 0 aliphatic heterocycles. The van der Waals surface area contributed by atoms with Gasteiger partial charge in [-0.15, -0.1) is 0 Å². The molecular weight excluding hydrogens is 226 g/mol. The molecule has 0 aliphatic carbocycles. The SMILES string of the molecule is CC(N)c1cc(F)c(OCC(F)F)c(F)c1. The molecule has 6 heteroatoms. The van der Waals surface area contributed by atoms with Crippen molar-refractivity contribution in [1.82, 2.24) is 0 Å². The molecule has 0 bridgehead atoms. The summed E-state index contributed by atoms with van der Waals surface area (Å²) in [5.74, 6) is -2.87. The summed E-state index contributed by atoms with van der Waals surface area (Å²) in [4.78, 5) is 0. The first-order chi connectivity index (χ1) is 7.41. The summed E-state index contributed by atoms with van der Waals surface area (Å²) in [6.45, 7) is 0.499. The van der Waals surface area contributed by atoms with Crippen molar-refractivity contribution in [1.29, 1.82) is 0 Å². The molecule has 90 valence electrons. The number of hydrogen-bond donors (Lipinski definition) is 1. The number of alkyl halides is 2. The Morgan fingerprint density at radius 2 is 1.75 bits per heavy atom. The van der Waals surface area contributed by atoms with Crippen molar-refractivity contribution in [2.24, 2.45) is 5.73 Å². The lowest BCUT2D eigenvalue weighted by Crippen LogP contribution is -2.11. The predicted molar refractivity (Wildman–Crippen MR) is 50.5 cm³/mol. The van der Waals surface area contributed by atoms with Crippen molar-refractivity contribution in [2.75, 3.05) is 6.61 Å². The van der Waals surface area contributed by atoms with Crippen LogP contribution in [0.4, 0.5) is 17.6 Å². The third kappa shape index (κ3) is 3.10. The van der Waals surface area contributed by atoms with Gasteiger partial charge in [0.25, 0.3) is 6.43 Å². The van der Waals surface area contributed by atoms with E-state index in [4.69, 9.17) is 5.73 Å². The Balaban J connectivity index is 2.94. The van der Waals surface area contributed by atoms with Crippen LogP contribution in [0, 0.1) is 11.6 Å². The van der Waals surface area contributed by atoms with Crippen LogP contribution >= 0.6 is 0 Å². The van der Waals surface area contributed by atoms with Crippen molar-refractivity contribution in [3.63, 3.8) is 0 Å². The van der Waals surface area contributed by atoms with Gasteiger partial charge < -0.3 is 10.5 Å². The minimum Gasteiger partial charge on any atom is -0.482 e. The van der Waals surface area contributed by atoms with E-state index in [1.54, 1.807) is 6.92 Å². The fourth-order valence-electron chi connectivity index (χ4n) is 1.13. The molecule has 1 atom stereocenters. The first-order valence-electron chi connectivity index (χ1n) is 4.57. The summed E-state index contributed by atoms with van der Waals surface area (Å²) in [6.07, 6.45) is -2.79. The third-order valence-electron chi connectivity index (χ3n) is 1.90. The summed E-state index contributed by atoms with van der Waals surface area (Å²) >= 11 is 0. The summed E-state index contributed by atoms with van der Waals surface area (Å²) in [5, 5.41) is 0. The van der Waals surface area contributed by atoms with E-state index in [2.05, 4.69) is 4.74 Å². The van der Waals surface area contributed by atoms with Gasteiger partial charge in [0.15, 0.2) is 17.4 Å². The molecule has 0 radical (unpaired) electrons. The molecule has 0 aliphatic rings. The lowest BCUT2D eigenvalue weighted by Gasteiger charge is -2.11. The van der Waals surface area contributed by atoms with Gasteiger partial charge in [-0.25, -0.2) is 17.6 Å². The van der Waals surface area contributed by atoms with Crippen LogP contribution in [-0.2, 0) is 0 Å². The Morgan fingerprint density at radius 3 is 2.12 bits per heavy atom. The molecule has 0 saturated carbocycles. The molecule has 0 fully saturated rings. The van der Waals surface area contributed by atoms with E-state index in [1.165, 1.54) is 0 Å². The van der Waals surface area contributed by atoms with Crippen LogP contribution in [0.25, 0.3) is 0 Å². The Morgan fingerprint density at radius 1 is 1.25 bits per heavy atom. The number of rotatable bonds is 4. The maximum atomic E-state index is 13.3. The van der Waals surface area contributed by atoms with E-state index in [0.29, 0.717) is 0 Å². The van der Waals surface area contributed by atoms with Crippen LogP contribution in [0.3, 0.4) is 0 Å². The summed E-state index contributed by atoms with van der Waals surface area (Å²) < 4.78 is 54.4. The summed E-state index contributed by atoms with van der Waals surface area (Å²) in [5.41, 5.74) is 5.67. The summed E-state index contributed by atoms with van der Waals surface area (Å²) in [7, 11) is 0. The molecule has 2 N–H and O–H groups in total. The van der Waals surface area contributed by atoms with Gasteiger partial charge in [0.05, 0.1) is 0 Å². The zero-order valence-electron chi connectivity index (χ0n) is 8.51. The molecule has 2 nitrogen and oxygen atoms in total. The van der Waals surface area contributed by atoms with Gasteiger partial charge in [-0.2, -0.15) is 0 Å². The van der Waals surface area contributed by atoms with Gasteiger partial charge in [0, 0.05) is 6.04 Å². The van der Waals surface area contributed by atoms with Crippen LogP contribution in [0.2, 0.25) is 0 Å². The lowest BCUT2D eigenvalue weighted by molar-refractivity contribution is 0.0777. The van der Waals surface area contributed by atoms with Crippen LogP contribution < -0.4 is 10.5 Å². The van der Waals surface area contributed by atoms with Crippen LogP contribution in [-0.4, -0.2) is 13.0 Å². The van der Waals surface area contributed by atoms with E-state index in [1.807, 2.05) is 0 Å². The molecule has 0 heterocycles. The average Bonchev–Trinajstić information content (AvgIpc) is 2.15. The molecule has 0 amide bonds. The van der Waals surface area contributed by atoms with Crippen molar-refractivity contribution >= 4 is 0 Å². The van der Waals surface area contributed by atoms with Crippen LogP contribution in [0.15, 0.2) is 12.1 Å². The summed E-state index contributed by atoms with van der Waals surface area (Å²) in [6, 6.07) is 1.39. The molecule has 0 saturated heterocycles. The third-order valence-corrected chi connectivity index (χ3v) is 1.90. The lowest BCUT2D eigenvalue weighted by atomic mass is 10.1. The Bertz CT molecular complexity index is 345. The Labute approximate surface area is 90.0 Å². The van der Waals surface area contributed by atoms with E-state index in [9.17, 15) is 17.6 Å². The normalized spacial score (nSPS) is 12.9. The molecule has 16 heavy (non-hydrogen) atoms. The maximum absolute atomic E-state index is 13.3. The Hall–Kier alpha value is -1.30. The van der Waals surface area contributed by atoms with Gasteiger partial charge in [-0.3, -0.25) is 0 Å². The van der Waals surface area contributed by atoms with E-state index in [0.717, 1.165) is 12.1 Å². The van der Waals surface area contributed by atoms with Gasteiger partial charge in [0.2, 0.25) is 0 Å². The fraction of sp³-hybridized carbons (Fsp3) is 0.400. The van der Waals surface area contributed by atoms with Gasteiger partial charge >= 0.3 is 0 Å². The second-order valence-corrected chi connectivity index (χ2v) is 3.30. The number of ether oxygens (including phenoxy) is 1. The highest BCUT2D eigenvalue weighted by molar-refractivity contribution is 5.32. The standard InChI is InChI=1S/C10H11F4NO/c1-5(15)6-2-7(11)10(8(12)3-6)16-4-9(13)14/h2-3,5,9H,4,15H2,1H3. The highest BCUT2D eigenvalue weighted by atomic mass is 19.3. The van der Waals surface area contributed by atoms with Gasteiger partial charge in [0.1, 0.15) is 6.61 Å². The molecule has 1 unspecified atom stereocenters. The Kier molecular flexibility index (Phi) is 4.12. The zero-order chi connectivity index (χ0) is 12.3. The molecule has 1 aromatic carbocycles. The maximum Gasteiger partial charge on any atom is 0.272 e. The molecule has 1 aromatic rings. The van der Waals surface area contributed by atoms with Crippen LogP contribution in [0.5, 0.6) is 5.75 Å². The fourth-order valence-corrected chi connectivity index (χ4v) is 1.13. The first kappa shape index (κ1) is 12.8. The molecule has 0 aromatic heterocycles. The number of benzene rings is 1. The van der Waals surface area contributed by atoms with E-state index in [-0.39, 0.29) is 5.56 Å². The predicted octanol–water partition coefficient (Wildman–Crippen LogP) is 2.63. The van der Waals surface area contributed by atoms with E-state index >= 15 is 0 Å². The minimum atomic E-state index is -2.79. The molecular formula is C10H11F4NO. The zero-order valence-corrected chi connectivity index (χ0v) is 8.51. The van der Waals surface area contributed by atoms with Crippen molar-refractivity contribution < 1.29 is 22.3 Å². The molecule has 0 spiro atoms. The van der Waals surface area contributed by atoms with E-state index < -0.39 is 36.5 Å². The van der Waals surface area contributed by atoms with Crippen molar-refractivity contribution in [3.8, 4) is 5.75 Å². The second kappa shape index (κ2) is 5.16. The molecule has 1 rings (SSSR count). The smallest absolute Gasteiger partial charge is 0.272 e. The average molecular weight is 237 g/mol. The largest absolute Gasteiger partial charge is 0.482 e. The quantitative estimate of drug-likeness (QED) is 0.817. The van der Waals surface area contributed by atoms with Gasteiger partial charge in [-0.05, 0) is 24.6 Å². The number of halogens is 4.